The van der Waals surface area contributed by atoms with Gasteiger partial charge in [0.1, 0.15) is 28.5 Å². The van der Waals surface area contributed by atoms with E-state index in [9.17, 15) is 4.79 Å². The third-order valence-corrected chi connectivity index (χ3v) is 7.92. The molecule has 8 nitrogen and oxygen atoms in total. The Morgan fingerprint density at radius 3 is 2.45 bits per heavy atom. The number of nitrogen functional groups attached to an aromatic ring is 1. The van der Waals surface area contributed by atoms with E-state index in [0.717, 1.165) is 79.7 Å². The molecule has 1 aliphatic heterocycles. The van der Waals surface area contributed by atoms with Crippen molar-refractivity contribution in [1.82, 2.24) is 19.9 Å². The first-order chi connectivity index (χ1) is 18.9. The first kappa shape index (κ1) is 30.3. The average Bonchev–Trinajstić information content (AvgIpc) is 3.32. The number of hydrogen-bond donors (Lipinski definition) is 2. The molecular weight excluding hydrogens is 500 g/mol. The highest BCUT2D eigenvalue weighted by molar-refractivity contribution is 6.07. The Balaban J connectivity index is 1.34. The summed E-state index contributed by atoms with van der Waals surface area (Å²) in [7, 11) is 0. The van der Waals surface area contributed by atoms with Gasteiger partial charge in [-0.1, -0.05) is 54.9 Å². The number of nitrogens with one attached hydrogen (secondary N) is 1. The standard InChI is InChI=1S/C32H50N6O2/c1-8-9-10-27-35-28-24-17-23(11-12-25(24)34-30(33)29(28)36-27)38-15-13-37(14-16-38)19-32(6,7)21-40-20-31(4,5)18-26(39)22(2)3/h11-12,17,22H,8-10,13-16,18-21H2,1-7H3,(H2,33,34)(H,35,36). The number of rotatable bonds is 13. The number of anilines is 2. The van der Waals surface area contributed by atoms with E-state index >= 15 is 0 Å². The molecule has 8 heteroatoms. The van der Waals surface area contributed by atoms with Crippen LogP contribution in [0, 0.1) is 16.7 Å². The Morgan fingerprint density at radius 2 is 1.77 bits per heavy atom. The Labute approximate surface area is 240 Å². The van der Waals surface area contributed by atoms with Crippen molar-refractivity contribution in [2.24, 2.45) is 16.7 Å². The number of aryl methyl sites for hydroxylation is 1. The summed E-state index contributed by atoms with van der Waals surface area (Å²) in [4.78, 5) is 30.2. The smallest absolute Gasteiger partial charge is 0.150 e. The molecule has 1 aromatic carbocycles. The third kappa shape index (κ3) is 7.52. The summed E-state index contributed by atoms with van der Waals surface area (Å²) in [5.41, 5.74) is 10.0. The van der Waals surface area contributed by atoms with Gasteiger partial charge >= 0.3 is 0 Å². The monoisotopic (exact) mass is 550 g/mol. The van der Waals surface area contributed by atoms with Gasteiger partial charge in [0.15, 0.2) is 0 Å². The van der Waals surface area contributed by atoms with E-state index in [4.69, 9.17) is 15.5 Å². The summed E-state index contributed by atoms with van der Waals surface area (Å²) in [6, 6.07) is 6.46. The number of ketones is 1. The molecule has 0 bridgehead atoms. The summed E-state index contributed by atoms with van der Waals surface area (Å²) >= 11 is 0. The average molecular weight is 551 g/mol. The van der Waals surface area contributed by atoms with Gasteiger partial charge in [-0.15, -0.1) is 0 Å². The van der Waals surface area contributed by atoms with Crippen LogP contribution in [0.1, 0.15) is 73.6 Å². The topological polar surface area (TPSA) is 100 Å². The van der Waals surface area contributed by atoms with Crippen LogP contribution in [0.15, 0.2) is 18.2 Å². The number of Topliss-reactive ketones (excluding diaryl/α,β-unsaturated/α-hetero) is 1. The van der Waals surface area contributed by atoms with E-state index in [1.807, 2.05) is 13.8 Å². The fourth-order valence-corrected chi connectivity index (χ4v) is 5.60. The van der Waals surface area contributed by atoms with Gasteiger partial charge in [0, 0.05) is 68.0 Å². The van der Waals surface area contributed by atoms with E-state index < -0.39 is 0 Å². The molecule has 0 radical (unpaired) electrons. The maximum Gasteiger partial charge on any atom is 0.150 e. The Morgan fingerprint density at radius 1 is 1.07 bits per heavy atom. The molecular formula is C32H50N6O2. The molecule has 40 heavy (non-hydrogen) atoms. The zero-order valence-corrected chi connectivity index (χ0v) is 25.8. The fraction of sp³-hybridized carbons (Fsp3) is 0.656. The van der Waals surface area contributed by atoms with E-state index in [0.29, 0.717) is 31.2 Å². The fourth-order valence-electron chi connectivity index (χ4n) is 5.60. The molecule has 1 fully saturated rings. The van der Waals surface area contributed by atoms with Crippen molar-refractivity contribution in [3.63, 3.8) is 0 Å². The number of aromatic nitrogens is 3. The van der Waals surface area contributed by atoms with Gasteiger partial charge in [0.2, 0.25) is 0 Å². The van der Waals surface area contributed by atoms with Crippen LogP contribution in [0.4, 0.5) is 11.5 Å². The first-order valence-electron chi connectivity index (χ1n) is 15.0. The Hall–Kier alpha value is -2.71. The quantitative estimate of drug-likeness (QED) is 0.276. The van der Waals surface area contributed by atoms with Crippen molar-refractivity contribution < 1.29 is 9.53 Å². The molecule has 1 saturated heterocycles. The van der Waals surface area contributed by atoms with Crippen LogP contribution >= 0.6 is 0 Å². The molecule has 3 N–H and O–H groups in total. The SMILES string of the molecule is CCCCc1nc2c([nH]1)c(N)nc1ccc(N3CCN(CC(C)(C)COCC(C)(C)CC(=O)C(C)C)CC3)cc12. The second-order valence-corrected chi connectivity index (χ2v) is 13.6. The van der Waals surface area contributed by atoms with Crippen LogP contribution in [0.5, 0.6) is 0 Å². The summed E-state index contributed by atoms with van der Waals surface area (Å²) in [5, 5.41) is 1.06. The molecule has 3 heterocycles. The number of nitrogens with zero attached hydrogens (tertiary/aromatic N) is 4. The highest BCUT2D eigenvalue weighted by Gasteiger charge is 2.28. The first-order valence-corrected chi connectivity index (χ1v) is 15.0. The summed E-state index contributed by atoms with van der Waals surface area (Å²) in [6.45, 7) is 21.2. The third-order valence-electron chi connectivity index (χ3n) is 7.92. The molecule has 0 spiro atoms. The van der Waals surface area contributed by atoms with Gasteiger partial charge in [-0.2, -0.15) is 0 Å². The van der Waals surface area contributed by atoms with Crippen LogP contribution < -0.4 is 10.6 Å². The second-order valence-electron chi connectivity index (χ2n) is 13.6. The van der Waals surface area contributed by atoms with Gasteiger partial charge in [-0.3, -0.25) is 9.69 Å². The molecule has 2 aromatic heterocycles. The zero-order chi connectivity index (χ0) is 29.1. The van der Waals surface area contributed by atoms with Crippen LogP contribution in [0.3, 0.4) is 0 Å². The number of piperazine rings is 1. The van der Waals surface area contributed by atoms with Gasteiger partial charge in [-0.05, 0) is 30.0 Å². The zero-order valence-electron chi connectivity index (χ0n) is 25.8. The molecule has 1 aliphatic rings. The molecule has 0 saturated carbocycles. The molecule has 4 rings (SSSR count). The number of ether oxygens (including phenoxy) is 1. The van der Waals surface area contributed by atoms with E-state index in [1.165, 1.54) is 5.69 Å². The number of benzene rings is 1. The second kappa shape index (κ2) is 12.4. The number of carbonyl (C=O) groups excluding carboxylic acids is 1. The Kier molecular flexibility index (Phi) is 9.40. The van der Waals surface area contributed by atoms with Crippen molar-refractivity contribution >= 4 is 39.2 Å². The summed E-state index contributed by atoms with van der Waals surface area (Å²) in [5.74, 6) is 1.88. The number of imidazole rings is 1. The maximum absolute atomic E-state index is 12.2. The van der Waals surface area contributed by atoms with Crippen LogP contribution in [-0.2, 0) is 16.0 Å². The number of carbonyl (C=O) groups is 1. The van der Waals surface area contributed by atoms with Crippen molar-refractivity contribution in [2.45, 2.75) is 74.1 Å². The lowest BCUT2D eigenvalue weighted by atomic mass is 9.85. The number of fused-ring (bicyclic) bond motifs is 3. The Bertz CT molecular complexity index is 1300. The van der Waals surface area contributed by atoms with Gasteiger partial charge in [-0.25, -0.2) is 9.97 Å². The minimum absolute atomic E-state index is 0.0376. The van der Waals surface area contributed by atoms with Crippen LogP contribution in [0.2, 0.25) is 0 Å². The van der Waals surface area contributed by atoms with Crippen molar-refractivity contribution in [2.75, 3.05) is 56.6 Å². The van der Waals surface area contributed by atoms with E-state index in [1.54, 1.807) is 0 Å². The van der Waals surface area contributed by atoms with Gasteiger partial charge in [0.05, 0.1) is 18.7 Å². The van der Waals surface area contributed by atoms with Crippen molar-refractivity contribution in [3.8, 4) is 0 Å². The normalized spacial score (nSPS) is 15.6. The van der Waals surface area contributed by atoms with Crippen molar-refractivity contribution in [3.05, 3.63) is 24.0 Å². The summed E-state index contributed by atoms with van der Waals surface area (Å²) in [6.07, 6.45) is 3.72. The molecule has 0 amide bonds. The lowest BCUT2D eigenvalue weighted by Gasteiger charge is -2.40. The van der Waals surface area contributed by atoms with Gasteiger partial charge in [0.25, 0.3) is 0 Å². The minimum atomic E-state index is -0.136. The number of H-pyrrole nitrogens is 1. The van der Waals surface area contributed by atoms with Gasteiger partial charge < -0.3 is 20.4 Å². The number of pyridine rings is 1. The minimum Gasteiger partial charge on any atom is -0.382 e. The highest BCUT2D eigenvalue weighted by atomic mass is 16.5. The lowest BCUT2D eigenvalue weighted by molar-refractivity contribution is -0.125. The maximum atomic E-state index is 12.2. The number of unbranched alkanes of at least 4 members (excludes halogenated alkanes) is 1. The summed E-state index contributed by atoms with van der Waals surface area (Å²) < 4.78 is 6.17. The highest BCUT2D eigenvalue weighted by Crippen LogP contribution is 2.31. The molecule has 220 valence electrons. The predicted molar refractivity (Wildman–Crippen MR) is 166 cm³/mol. The number of nitrogens with two attached hydrogens (primary N) is 1. The lowest BCUT2D eigenvalue weighted by Crippen LogP contribution is -2.49. The largest absolute Gasteiger partial charge is 0.382 e. The number of aromatic amines is 1. The van der Waals surface area contributed by atoms with E-state index in [-0.39, 0.29) is 16.7 Å². The molecule has 3 aromatic rings. The molecule has 0 atom stereocenters. The number of hydrogen-bond acceptors (Lipinski definition) is 7. The van der Waals surface area contributed by atoms with Crippen molar-refractivity contribution in [1.29, 1.82) is 0 Å². The molecule has 0 unspecified atom stereocenters. The van der Waals surface area contributed by atoms with Crippen LogP contribution in [0.25, 0.3) is 21.9 Å². The predicted octanol–water partition coefficient (Wildman–Crippen LogP) is 5.84. The van der Waals surface area contributed by atoms with Crippen LogP contribution in [-0.4, -0.2) is 71.6 Å². The van der Waals surface area contributed by atoms with E-state index in [2.05, 4.69) is 72.6 Å². The molecule has 0 aliphatic carbocycles.